The van der Waals surface area contributed by atoms with Gasteiger partial charge in [-0.2, -0.15) is 0 Å². The molecule has 23 heavy (non-hydrogen) atoms. The molecule has 0 saturated carbocycles. The number of carbonyl (C=O) groups is 1. The van der Waals surface area contributed by atoms with Crippen molar-refractivity contribution in [1.82, 2.24) is 4.90 Å². The van der Waals surface area contributed by atoms with E-state index < -0.39 is 15.3 Å². The van der Waals surface area contributed by atoms with Crippen molar-refractivity contribution in [3.05, 3.63) is 29.8 Å². The highest BCUT2D eigenvalue weighted by atomic mass is 32.2. The van der Waals surface area contributed by atoms with Gasteiger partial charge in [-0.05, 0) is 37.0 Å². The first kappa shape index (κ1) is 16.3. The summed E-state index contributed by atoms with van der Waals surface area (Å²) >= 11 is 0. The Morgan fingerprint density at radius 3 is 2.30 bits per heavy atom. The van der Waals surface area contributed by atoms with Gasteiger partial charge in [0.2, 0.25) is 15.9 Å². The monoisotopic (exact) mass is 337 g/mol. The quantitative estimate of drug-likeness (QED) is 0.891. The van der Waals surface area contributed by atoms with Crippen molar-refractivity contribution in [3.63, 3.8) is 0 Å². The Morgan fingerprint density at radius 1 is 1.09 bits per heavy atom. The van der Waals surface area contributed by atoms with Gasteiger partial charge in [-0.25, -0.2) is 13.6 Å². The van der Waals surface area contributed by atoms with E-state index in [9.17, 15) is 13.2 Å². The lowest BCUT2D eigenvalue weighted by molar-refractivity contribution is -0.128. The Labute approximate surface area is 137 Å². The van der Waals surface area contributed by atoms with Gasteiger partial charge < -0.3 is 9.80 Å². The molecular formula is C16H23N3O3S. The molecular weight excluding hydrogens is 314 g/mol. The summed E-state index contributed by atoms with van der Waals surface area (Å²) < 4.78 is 22.8. The van der Waals surface area contributed by atoms with Crippen LogP contribution < -0.4 is 10.0 Å². The van der Waals surface area contributed by atoms with Crippen LogP contribution in [0.2, 0.25) is 0 Å². The Bertz CT molecular complexity index is 666. The third kappa shape index (κ3) is 3.84. The van der Waals surface area contributed by atoms with E-state index >= 15 is 0 Å². The summed E-state index contributed by atoms with van der Waals surface area (Å²) in [7, 11) is -3.65. The zero-order chi connectivity index (χ0) is 16.4. The average Bonchev–Trinajstić information content (AvgIpc) is 2.90. The third-order valence-corrected chi connectivity index (χ3v) is 5.92. The number of carbonyl (C=O) groups excluding carboxylic acids is 1. The van der Waals surface area contributed by atoms with E-state index in [1.165, 1.54) is 24.9 Å². The highest BCUT2D eigenvalue weighted by molar-refractivity contribution is 7.89. The summed E-state index contributed by atoms with van der Waals surface area (Å²) in [5, 5.41) is 4.37. The molecule has 2 aliphatic heterocycles. The maximum Gasteiger partial charge on any atom is 0.224 e. The summed E-state index contributed by atoms with van der Waals surface area (Å²) in [6.45, 7) is 2.82. The van der Waals surface area contributed by atoms with E-state index in [0.717, 1.165) is 18.7 Å². The van der Waals surface area contributed by atoms with Gasteiger partial charge in [0.25, 0.3) is 0 Å². The second-order valence-electron chi connectivity index (χ2n) is 6.40. The molecule has 0 aliphatic carbocycles. The standard InChI is InChI=1S/C16H23N3O3S/c17-23(21,22)15-10-16(20)19(12-15)11-13-4-6-14(7-5-13)18-8-2-1-3-9-18/h4-7,15H,1-3,8-12H2,(H2,17,21,22). The molecule has 1 unspecified atom stereocenters. The van der Waals surface area contributed by atoms with Crippen LogP contribution in [0.5, 0.6) is 0 Å². The largest absolute Gasteiger partial charge is 0.372 e. The van der Waals surface area contributed by atoms with Crippen LogP contribution in [-0.4, -0.2) is 44.1 Å². The van der Waals surface area contributed by atoms with E-state index in [0.29, 0.717) is 6.54 Å². The van der Waals surface area contributed by atoms with Gasteiger partial charge in [0, 0.05) is 38.3 Å². The fourth-order valence-electron chi connectivity index (χ4n) is 3.29. The van der Waals surface area contributed by atoms with Gasteiger partial charge in [-0.15, -0.1) is 0 Å². The molecule has 6 nitrogen and oxygen atoms in total. The van der Waals surface area contributed by atoms with E-state index in [-0.39, 0.29) is 18.9 Å². The minimum atomic E-state index is -3.65. The molecule has 1 atom stereocenters. The Morgan fingerprint density at radius 2 is 1.74 bits per heavy atom. The lowest BCUT2D eigenvalue weighted by Crippen LogP contribution is -2.32. The molecule has 1 amide bonds. The van der Waals surface area contributed by atoms with Crippen LogP contribution in [0.15, 0.2) is 24.3 Å². The van der Waals surface area contributed by atoms with E-state index in [1.54, 1.807) is 4.90 Å². The lowest BCUT2D eigenvalue weighted by atomic mass is 10.1. The van der Waals surface area contributed by atoms with Crippen molar-refractivity contribution in [1.29, 1.82) is 0 Å². The lowest BCUT2D eigenvalue weighted by Gasteiger charge is -2.29. The molecule has 126 valence electrons. The van der Waals surface area contributed by atoms with Gasteiger partial charge >= 0.3 is 0 Å². The fraction of sp³-hybridized carbons (Fsp3) is 0.562. The number of amides is 1. The number of nitrogens with two attached hydrogens (primary N) is 1. The molecule has 2 aliphatic rings. The van der Waals surface area contributed by atoms with Gasteiger partial charge in [-0.1, -0.05) is 12.1 Å². The fourth-order valence-corrected chi connectivity index (χ4v) is 4.06. The van der Waals surface area contributed by atoms with Gasteiger partial charge in [0.15, 0.2) is 0 Å². The van der Waals surface area contributed by atoms with E-state index in [4.69, 9.17) is 5.14 Å². The molecule has 2 fully saturated rings. The first-order valence-electron chi connectivity index (χ1n) is 8.07. The Hall–Kier alpha value is -1.60. The summed E-state index contributed by atoms with van der Waals surface area (Å²) in [5.41, 5.74) is 2.22. The van der Waals surface area contributed by atoms with Gasteiger partial charge in [0.05, 0.1) is 0 Å². The number of nitrogens with zero attached hydrogens (tertiary/aromatic N) is 2. The number of primary sulfonamides is 1. The number of piperidine rings is 1. The number of benzene rings is 1. The minimum Gasteiger partial charge on any atom is -0.372 e. The predicted octanol–water partition coefficient (Wildman–Crippen LogP) is 1.07. The maximum absolute atomic E-state index is 11.9. The number of rotatable bonds is 4. The van der Waals surface area contributed by atoms with Crippen molar-refractivity contribution in [3.8, 4) is 0 Å². The molecule has 2 saturated heterocycles. The van der Waals surface area contributed by atoms with Crippen LogP contribution >= 0.6 is 0 Å². The molecule has 0 radical (unpaired) electrons. The molecule has 7 heteroatoms. The van der Waals surface area contributed by atoms with Crippen LogP contribution in [0.4, 0.5) is 5.69 Å². The topological polar surface area (TPSA) is 83.7 Å². The van der Waals surface area contributed by atoms with Gasteiger partial charge in [0.1, 0.15) is 5.25 Å². The molecule has 2 heterocycles. The molecule has 0 bridgehead atoms. The third-order valence-electron chi connectivity index (χ3n) is 4.67. The first-order valence-corrected chi connectivity index (χ1v) is 9.68. The smallest absolute Gasteiger partial charge is 0.224 e. The summed E-state index contributed by atoms with van der Waals surface area (Å²) in [6.07, 6.45) is 3.76. The number of likely N-dealkylation sites (tertiary alicyclic amines) is 1. The molecule has 3 rings (SSSR count). The number of hydrogen-bond acceptors (Lipinski definition) is 4. The Kier molecular flexibility index (Phi) is 4.59. The summed E-state index contributed by atoms with van der Waals surface area (Å²) in [5.74, 6) is -0.149. The SMILES string of the molecule is NS(=O)(=O)C1CC(=O)N(Cc2ccc(N3CCCCC3)cc2)C1. The normalized spacial score (nSPS) is 22.7. The van der Waals surface area contributed by atoms with Crippen LogP contribution in [0.25, 0.3) is 0 Å². The van der Waals surface area contributed by atoms with Crippen molar-refractivity contribution in [2.75, 3.05) is 24.5 Å². The molecule has 1 aromatic carbocycles. The predicted molar refractivity (Wildman–Crippen MR) is 89.4 cm³/mol. The zero-order valence-electron chi connectivity index (χ0n) is 13.1. The van der Waals surface area contributed by atoms with E-state index in [2.05, 4.69) is 17.0 Å². The first-order chi connectivity index (χ1) is 10.9. The van der Waals surface area contributed by atoms with Crippen LogP contribution in [-0.2, 0) is 21.4 Å². The zero-order valence-corrected chi connectivity index (χ0v) is 14.0. The highest BCUT2D eigenvalue weighted by Crippen LogP contribution is 2.23. The minimum absolute atomic E-state index is 0.00923. The second kappa shape index (κ2) is 6.49. The highest BCUT2D eigenvalue weighted by Gasteiger charge is 2.36. The Balaban J connectivity index is 1.63. The second-order valence-corrected chi connectivity index (χ2v) is 8.25. The number of sulfonamides is 1. The van der Waals surface area contributed by atoms with Crippen LogP contribution in [0.1, 0.15) is 31.2 Å². The summed E-state index contributed by atoms with van der Waals surface area (Å²) in [4.78, 5) is 15.9. The van der Waals surface area contributed by atoms with Crippen molar-refractivity contribution in [2.45, 2.75) is 37.5 Å². The molecule has 0 spiro atoms. The van der Waals surface area contributed by atoms with Crippen LogP contribution in [0.3, 0.4) is 0 Å². The van der Waals surface area contributed by atoms with Crippen molar-refractivity contribution < 1.29 is 13.2 Å². The van der Waals surface area contributed by atoms with Crippen molar-refractivity contribution >= 4 is 21.6 Å². The van der Waals surface area contributed by atoms with E-state index in [1.807, 2.05) is 12.1 Å². The van der Waals surface area contributed by atoms with Crippen LogP contribution in [0, 0.1) is 0 Å². The summed E-state index contributed by atoms with van der Waals surface area (Å²) in [6, 6.07) is 8.19. The number of hydrogen-bond donors (Lipinski definition) is 1. The van der Waals surface area contributed by atoms with Crippen molar-refractivity contribution in [2.24, 2.45) is 5.14 Å². The molecule has 0 aromatic heterocycles. The average molecular weight is 337 g/mol. The van der Waals surface area contributed by atoms with Gasteiger partial charge in [-0.3, -0.25) is 4.79 Å². The molecule has 2 N–H and O–H groups in total. The maximum atomic E-state index is 11.9. The molecule has 1 aromatic rings. The number of anilines is 1.